The molecule has 0 N–H and O–H groups in total. The summed E-state index contributed by atoms with van der Waals surface area (Å²) in [5, 5.41) is 4.85. The van der Waals surface area contributed by atoms with Crippen LogP contribution >= 0.6 is 34.9 Å². The second-order valence-electron chi connectivity index (χ2n) is 6.54. The number of hydrogen-bond donors (Lipinski definition) is 0. The van der Waals surface area contributed by atoms with E-state index in [1.807, 2.05) is 13.0 Å². The Morgan fingerprint density at radius 3 is 2.71 bits per heavy atom. The minimum Gasteiger partial charge on any atom is -0.319 e. The first kappa shape index (κ1) is 20.1. The van der Waals surface area contributed by atoms with Gasteiger partial charge in [-0.05, 0) is 38.0 Å². The van der Waals surface area contributed by atoms with Gasteiger partial charge >= 0.3 is 0 Å². The van der Waals surface area contributed by atoms with Crippen molar-refractivity contribution >= 4 is 56.0 Å². The third kappa shape index (κ3) is 3.80. The van der Waals surface area contributed by atoms with Gasteiger partial charge in [0, 0.05) is 36.9 Å². The lowest BCUT2D eigenvalue weighted by Crippen LogP contribution is -2.35. The third-order valence-corrected chi connectivity index (χ3v) is 8.67. The molecule has 4 rings (SSSR count). The van der Waals surface area contributed by atoms with Gasteiger partial charge in [0.15, 0.2) is 5.16 Å². The normalized spacial score (nSPS) is 16.1. The summed E-state index contributed by atoms with van der Waals surface area (Å²) < 4.78 is 34.0. The van der Waals surface area contributed by atoms with Crippen molar-refractivity contribution in [3.05, 3.63) is 28.2 Å². The molecule has 1 aromatic carbocycles. The standard InChI is InChI=1S/C17H20ClN5O2S3/c1-2-23-15-7-6-12(28(24,25)22-8-4-3-5-9-22)10-13(15)19-17(23)26-11-14-16(18)27-21-20-14/h6-7,10H,2-5,8-9,11H2,1H3. The number of benzene rings is 1. The van der Waals surface area contributed by atoms with Crippen molar-refractivity contribution in [3.8, 4) is 0 Å². The maximum absolute atomic E-state index is 13.0. The summed E-state index contributed by atoms with van der Waals surface area (Å²) >= 11 is 8.77. The fourth-order valence-corrected chi connectivity index (χ4v) is 6.68. The molecule has 0 amide bonds. The summed E-state index contributed by atoms with van der Waals surface area (Å²) in [5.74, 6) is 0.567. The lowest BCUT2D eigenvalue weighted by molar-refractivity contribution is 0.346. The van der Waals surface area contributed by atoms with Crippen LogP contribution in [0.3, 0.4) is 0 Å². The number of aryl methyl sites for hydroxylation is 1. The Morgan fingerprint density at radius 1 is 1.25 bits per heavy atom. The van der Waals surface area contributed by atoms with E-state index in [9.17, 15) is 8.42 Å². The molecule has 11 heteroatoms. The van der Waals surface area contributed by atoms with E-state index in [1.54, 1.807) is 16.4 Å². The second kappa shape index (κ2) is 8.27. The molecular weight excluding hydrogens is 438 g/mol. The summed E-state index contributed by atoms with van der Waals surface area (Å²) in [5.41, 5.74) is 2.34. The Morgan fingerprint density at radius 2 is 2.04 bits per heavy atom. The molecule has 0 radical (unpaired) electrons. The molecule has 7 nitrogen and oxygen atoms in total. The van der Waals surface area contributed by atoms with Gasteiger partial charge in [0.05, 0.1) is 15.9 Å². The fourth-order valence-electron chi connectivity index (χ4n) is 3.33. The van der Waals surface area contributed by atoms with Crippen LogP contribution in [0.1, 0.15) is 31.9 Å². The largest absolute Gasteiger partial charge is 0.319 e. The molecule has 0 aliphatic carbocycles. The van der Waals surface area contributed by atoms with Gasteiger partial charge in [-0.1, -0.05) is 34.3 Å². The highest BCUT2D eigenvalue weighted by molar-refractivity contribution is 7.98. The first-order chi connectivity index (χ1) is 13.5. The van der Waals surface area contributed by atoms with E-state index >= 15 is 0 Å². The molecule has 3 aromatic rings. The van der Waals surface area contributed by atoms with Crippen molar-refractivity contribution in [2.75, 3.05) is 13.1 Å². The zero-order chi connectivity index (χ0) is 19.7. The topological polar surface area (TPSA) is 81.0 Å². The van der Waals surface area contributed by atoms with Crippen molar-refractivity contribution in [2.24, 2.45) is 0 Å². The molecule has 0 saturated carbocycles. The number of nitrogens with zero attached hydrogens (tertiary/aromatic N) is 5. The van der Waals surface area contributed by atoms with Crippen molar-refractivity contribution in [3.63, 3.8) is 0 Å². The molecule has 28 heavy (non-hydrogen) atoms. The van der Waals surface area contributed by atoms with E-state index < -0.39 is 10.0 Å². The highest BCUT2D eigenvalue weighted by Crippen LogP contribution is 2.31. The van der Waals surface area contributed by atoms with E-state index in [4.69, 9.17) is 11.6 Å². The Kier molecular flexibility index (Phi) is 5.93. The van der Waals surface area contributed by atoms with Gasteiger partial charge < -0.3 is 4.57 Å². The Bertz CT molecular complexity index is 1090. The predicted octanol–water partition coefficient (Wildman–Crippen LogP) is 4.03. The number of aromatic nitrogens is 4. The maximum Gasteiger partial charge on any atom is 0.243 e. The van der Waals surface area contributed by atoms with E-state index in [2.05, 4.69) is 19.1 Å². The zero-order valence-electron chi connectivity index (χ0n) is 15.3. The van der Waals surface area contributed by atoms with E-state index in [1.165, 1.54) is 23.3 Å². The number of rotatable bonds is 6. The first-order valence-electron chi connectivity index (χ1n) is 9.10. The zero-order valence-corrected chi connectivity index (χ0v) is 18.5. The van der Waals surface area contributed by atoms with Crippen molar-refractivity contribution in [2.45, 2.75) is 48.5 Å². The summed E-state index contributed by atoms with van der Waals surface area (Å²) in [7, 11) is -3.47. The van der Waals surface area contributed by atoms with Gasteiger partial charge in [0.25, 0.3) is 0 Å². The first-order valence-corrected chi connectivity index (χ1v) is 12.7. The van der Waals surface area contributed by atoms with E-state index in [-0.39, 0.29) is 0 Å². The van der Waals surface area contributed by atoms with Gasteiger partial charge in [-0.25, -0.2) is 13.4 Å². The third-order valence-electron chi connectivity index (χ3n) is 4.80. The maximum atomic E-state index is 13.0. The smallest absolute Gasteiger partial charge is 0.243 e. The minimum absolute atomic E-state index is 0.311. The highest BCUT2D eigenvalue weighted by atomic mass is 35.5. The minimum atomic E-state index is -3.47. The average Bonchev–Trinajstić information content (AvgIpc) is 3.28. The molecule has 1 aliphatic rings. The summed E-state index contributed by atoms with van der Waals surface area (Å²) in [6.07, 6.45) is 2.92. The molecule has 1 aliphatic heterocycles. The number of fused-ring (bicyclic) bond motifs is 1. The number of halogens is 1. The van der Waals surface area contributed by atoms with Crippen LogP contribution in [0.25, 0.3) is 11.0 Å². The molecule has 0 atom stereocenters. The number of piperidine rings is 1. The Hall–Kier alpha value is -1.20. The SMILES string of the molecule is CCn1c(SCc2nnsc2Cl)nc2cc(S(=O)(=O)N3CCCCC3)ccc21. The molecule has 150 valence electrons. The highest BCUT2D eigenvalue weighted by Gasteiger charge is 2.26. The molecule has 1 saturated heterocycles. The number of imidazole rings is 1. The lowest BCUT2D eigenvalue weighted by atomic mass is 10.2. The van der Waals surface area contributed by atoms with Gasteiger partial charge in [-0.15, -0.1) is 5.10 Å². The molecule has 2 aromatic heterocycles. The quantitative estimate of drug-likeness (QED) is 0.520. The number of hydrogen-bond acceptors (Lipinski definition) is 7. The van der Waals surface area contributed by atoms with Gasteiger partial charge in [0.2, 0.25) is 10.0 Å². The van der Waals surface area contributed by atoms with Crippen molar-refractivity contribution in [1.82, 2.24) is 23.4 Å². The molecule has 1 fully saturated rings. The van der Waals surface area contributed by atoms with Crippen LogP contribution in [0.15, 0.2) is 28.3 Å². The van der Waals surface area contributed by atoms with Crippen LogP contribution in [0.4, 0.5) is 0 Å². The van der Waals surface area contributed by atoms with E-state index in [0.29, 0.717) is 33.6 Å². The van der Waals surface area contributed by atoms with Crippen LogP contribution in [-0.4, -0.2) is 45.0 Å². The number of thioether (sulfide) groups is 1. The molecule has 3 heterocycles. The van der Waals surface area contributed by atoms with Crippen molar-refractivity contribution < 1.29 is 8.42 Å². The van der Waals surface area contributed by atoms with Gasteiger partial charge in [-0.3, -0.25) is 0 Å². The fraction of sp³-hybridized carbons (Fsp3) is 0.471. The predicted molar refractivity (Wildman–Crippen MR) is 112 cm³/mol. The Balaban J connectivity index is 1.65. The monoisotopic (exact) mass is 457 g/mol. The lowest BCUT2D eigenvalue weighted by Gasteiger charge is -2.25. The molecule has 0 bridgehead atoms. The molecule has 0 spiro atoms. The number of sulfonamides is 1. The van der Waals surface area contributed by atoms with Crippen LogP contribution in [0.2, 0.25) is 4.34 Å². The summed E-state index contributed by atoms with van der Waals surface area (Å²) in [6.45, 7) is 3.96. The van der Waals surface area contributed by atoms with E-state index in [0.717, 1.165) is 42.2 Å². The van der Waals surface area contributed by atoms with Crippen LogP contribution < -0.4 is 0 Å². The van der Waals surface area contributed by atoms with Crippen molar-refractivity contribution in [1.29, 1.82) is 0 Å². The second-order valence-corrected chi connectivity index (χ2v) is 10.8. The molecular formula is C17H20ClN5O2S3. The van der Waals surface area contributed by atoms with Gasteiger partial charge in [0.1, 0.15) is 10.0 Å². The average molecular weight is 458 g/mol. The Labute approximate surface area is 177 Å². The van der Waals surface area contributed by atoms with Crippen LogP contribution in [0.5, 0.6) is 0 Å². The summed E-state index contributed by atoms with van der Waals surface area (Å²) in [6, 6.07) is 5.23. The van der Waals surface area contributed by atoms with Crippen LogP contribution in [0, 0.1) is 0 Å². The van der Waals surface area contributed by atoms with Crippen LogP contribution in [-0.2, 0) is 22.3 Å². The molecule has 0 unspecified atom stereocenters. The summed E-state index contributed by atoms with van der Waals surface area (Å²) in [4.78, 5) is 5.00. The van der Waals surface area contributed by atoms with Gasteiger partial charge in [-0.2, -0.15) is 4.31 Å².